The van der Waals surface area contributed by atoms with E-state index >= 15 is 0 Å². The maximum atomic E-state index is 13.7. The van der Waals surface area contributed by atoms with Crippen molar-refractivity contribution in [2.75, 3.05) is 5.32 Å². The minimum atomic E-state index is -0.437. The number of imidazole rings is 1. The molecule has 38 heavy (non-hydrogen) atoms. The average molecular weight is 547 g/mol. The van der Waals surface area contributed by atoms with Gasteiger partial charge in [-0.1, -0.05) is 29.0 Å². The molecule has 1 aliphatic rings. The minimum absolute atomic E-state index is 0.248. The molecule has 0 radical (unpaired) electrons. The lowest BCUT2D eigenvalue weighted by Gasteiger charge is -2.20. The molecule has 0 aliphatic heterocycles. The highest BCUT2D eigenvalue weighted by Gasteiger charge is 2.24. The predicted molar refractivity (Wildman–Crippen MR) is 151 cm³/mol. The Kier molecular flexibility index (Phi) is 6.63. The second-order valence-electron chi connectivity index (χ2n) is 9.67. The maximum absolute atomic E-state index is 13.7. The summed E-state index contributed by atoms with van der Waals surface area (Å²) in [6.45, 7) is 4.80. The molecule has 6 rings (SSSR count). The highest BCUT2D eigenvalue weighted by molar-refractivity contribution is 7.18. The molecule has 0 amide bonds. The van der Waals surface area contributed by atoms with Crippen molar-refractivity contribution in [2.24, 2.45) is 5.92 Å². The minimum Gasteiger partial charge on any atom is -0.401 e. The zero-order valence-corrected chi connectivity index (χ0v) is 22.6. The molecule has 194 valence electrons. The van der Waals surface area contributed by atoms with Gasteiger partial charge in [-0.05, 0) is 69.0 Å². The number of nitrogens with zero attached hydrogens (tertiary/aromatic N) is 5. The van der Waals surface area contributed by atoms with Gasteiger partial charge in [-0.25, -0.2) is 9.97 Å². The Morgan fingerprint density at radius 2 is 2.03 bits per heavy atom. The third-order valence-corrected chi connectivity index (χ3v) is 7.93. The quantitative estimate of drug-likeness (QED) is 0.239. The molecule has 1 N–H and O–H groups in total. The molecule has 0 unspecified atom stereocenters. The van der Waals surface area contributed by atoms with Crippen LogP contribution in [-0.4, -0.2) is 24.2 Å². The van der Waals surface area contributed by atoms with Gasteiger partial charge in [0.1, 0.15) is 0 Å². The van der Waals surface area contributed by atoms with E-state index in [0.717, 1.165) is 39.2 Å². The van der Waals surface area contributed by atoms with Crippen LogP contribution in [0, 0.1) is 5.92 Å². The summed E-state index contributed by atoms with van der Waals surface area (Å²) in [6.07, 6.45) is 9.46. The number of anilines is 1. The van der Waals surface area contributed by atoms with Crippen LogP contribution >= 0.6 is 22.9 Å². The Labute approximate surface area is 228 Å². The average Bonchev–Trinajstić information content (AvgIpc) is 3.41. The SMILES string of the molecule is C[C@H](Nc1ncc(-c2cncn2CC2CC2)s1)c1cc2cc(Cl)ccc2n(O[C@H](C)c2ccccn2)c1=O. The fourth-order valence-electron chi connectivity index (χ4n) is 4.50. The smallest absolute Gasteiger partial charge is 0.288 e. The van der Waals surface area contributed by atoms with Crippen LogP contribution in [-0.2, 0) is 6.54 Å². The Morgan fingerprint density at radius 3 is 2.82 bits per heavy atom. The van der Waals surface area contributed by atoms with Gasteiger partial charge in [0.15, 0.2) is 11.2 Å². The van der Waals surface area contributed by atoms with Crippen LogP contribution in [0.3, 0.4) is 0 Å². The van der Waals surface area contributed by atoms with Crippen LogP contribution in [0.15, 0.2) is 72.2 Å². The standard InChI is InChI=1S/C28H27ClN6O2S/c1-17(33-28-32-14-26(38-28)25-13-30-16-34(25)15-19-6-7-19)22-12-20-11-21(29)8-9-24(20)35(27(22)36)37-18(2)23-5-3-4-10-31-23/h3-5,8-14,16-19H,6-7,15H2,1-2H3,(H,32,33)/t17-,18+/m0/s1. The van der Waals surface area contributed by atoms with Crippen molar-refractivity contribution in [1.82, 2.24) is 24.2 Å². The first-order chi connectivity index (χ1) is 18.5. The van der Waals surface area contributed by atoms with Crippen LogP contribution in [0.5, 0.6) is 0 Å². The van der Waals surface area contributed by atoms with Crippen molar-refractivity contribution in [2.45, 2.75) is 45.4 Å². The Morgan fingerprint density at radius 1 is 1.16 bits per heavy atom. The van der Waals surface area contributed by atoms with E-state index in [1.807, 2.05) is 62.9 Å². The highest BCUT2D eigenvalue weighted by atomic mass is 35.5. The number of rotatable bonds is 9. The third-order valence-electron chi connectivity index (χ3n) is 6.75. The molecule has 0 spiro atoms. The van der Waals surface area contributed by atoms with Gasteiger partial charge in [0, 0.05) is 34.9 Å². The second-order valence-corrected chi connectivity index (χ2v) is 11.1. The molecular weight excluding hydrogens is 520 g/mol. The number of aromatic nitrogens is 5. The number of hydrogen-bond donors (Lipinski definition) is 1. The van der Waals surface area contributed by atoms with Gasteiger partial charge in [0.05, 0.1) is 40.3 Å². The van der Waals surface area contributed by atoms with E-state index in [1.165, 1.54) is 17.6 Å². The van der Waals surface area contributed by atoms with Gasteiger partial charge < -0.3 is 14.7 Å². The number of fused-ring (bicyclic) bond motifs is 1. The summed E-state index contributed by atoms with van der Waals surface area (Å²) in [4.78, 5) is 34.2. The molecule has 2 atom stereocenters. The Bertz CT molecular complexity index is 1640. The van der Waals surface area contributed by atoms with Crippen molar-refractivity contribution in [3.05, 3.63) is 94.0 Å². The van der Waals surface area contributed by atoms with Crippen molar-refractivity contribution in [3.63, 3.8) is 0 Å². The summed E-state index contributed by atoms with van der Waals surface area (Å²) in [7, 11) is 0. The molecule has 1 saturated carbocycles. The molecule has 1 fully saturated rings. The molecular formula is C28H27ClN6O2S. The highest BCUT2D eigenvalue weighted by Crippen LogP contribution is 2.35. The molecule has 1 aromatic carbocycles. The fraction of sp³-hybridized carbons (Fsp3) is 0.286. The van der Waals surface area contributed by atoms with Crippen molar-refractivity contribution in [3.8, 4) is 10.6 Å². The number of benzene rings is 1. The normalized spacial score (nSPS) is 14.9. The molecule has 4 aromatic heterocycles. The summed E-state index contributed by atoms with van der Waals surface area (Å²) in [5.41, 5.74) is 2.73. The summed E-state index contributed by atoms with van der Waals surface area (Å²) in [5.74, 6) is 0.750. The van der Waals surface area contributed by atoms with Crippen molar-refractivity contribution < 1.29 is 4.84 Å². The summed E-state index contributed by atoms with van der Waals surface area (Å²) in [5, 5.41) is 5.52. The zero-order valence-electron chi connectivity index (χ0n) is 21.0. The van der Waals surface area contributed by atoms with Crippen molar-refractivity contribution in [1.29, 1.82) is 0 Å². The van der Waals surface area contributed by atoms with Gasteiger partial charge in [-0.3, -0.25) is 9.78 Å². The van der Waals surface area contributed by atoms with E-state index in [0.29, 0.717) is 16.1 Å². The van der Waals surface area contributed by atoms with E-state index in [-0.39, 0.29) is 11.6 Å². The second kappa shape index (κ2) is 10.2. The van der Waals surface area contributed by atoms with E-state index in [4.69, 9.17) is 16.4 Å². The molecule has 0 bridgehead atoms. The van der Waals surface area contributed by atoms with E-state index < -0.39 is 6.10 Å². The fourth-order valence-corrected chi connectivity index (χ4v) is 5.61. The molecule has 1 aliphatic carbocycles. The molecule has 10 heteroatoms. The topological polar surface area (TPSA) is 86.9 Å². The number of nitrogens with one attached hydrogen (secondary N) is 1. The molecule has 0 saturated heterocycles. The van der Waals surface area contributed by atoms with Crippen LogP contribution in [0.1, 0.15) is 50.1 Å². The first-order valence-electron chi connectivity index (χ1n) is 12.6. The van der Waals surface area contributed by atoms with E-state index in [2.05, 4.69) is 24.8 Å². The van der Waals surface area contributed by atoms with Gasteiger partial charge in [0.25, 0.3) is 5.56 Å². The Hall–Kier alpha value is -3.69. The van der Waals surface area contributed by atoms with Crippen LogP contribution in [0.2, 0.25) is 5.02 Å². The van der Waals surface area contributed by atoms with Gasteiger partial charge in [-0.2, -0.15) is 0 Å². The summed E-state index contributed by atoms with van der Waals surface area (Å²) < 4.78 is 3.55. The van der Waals surface area contributed by atoms with Crippen LogP contribution < -0.4 is 15.7 Å². The number of hydrogen-bond acceptors (Lipinski definition) is 7. The zero-order chi connectivity index (χ0) is 26.2. The van der Waals surface area contributed by atoms with Crippen LogP contribution in [0.4, 0.5) is 5.13 Å². The number of thiazole rings is 1. The third kappa shape index (κ3) is 5.04. The van der Waals surface area contributed by atoms with Gasteiger partial charge >= 0.3 is 0 Å². The van der Waals surface area contributed by atoms with Crippen molar-refractivity contribution >= 4 is 39.0 Å². The summed E-state index contributed by atoms with van der Waals surface area (Å²) >= 11 is 7.85. The number of halogens is 1. The lowest BCUT2D eigenvalue weighted by Crippen LogP contribution is -2.33. The predicted octanol–water partition coefficient (Wildman–Crippen LogP) is 6.14. The lowest BCUT2D eigenvalue weighted by molar-refractivity contribution is 0.0464. The van der Waals surface area contributed by atoms with E-state index in [1.54, 1.807) is 29.7 Å². The monoisotopic (exact) mass is 546 g/mol. The van der Waals surface area contributed by atoms with Crippen LogP contribution in [0.25, 0.3) is 21.5 Å². The first kappa shape index (κ1) is 24.6. The molecule has 5 aromatic rings. The largest absolute Gasteiger partial charge is 0.401 e. The lowest BCUT2D eigenvalue weighted by atomic mass is 10.1. The molecule has 4 heterocycles. The summed E-state index contributed by atoms with van der Waals surface area (Å²) in [6, 6.07) is 12.5. The Balaban J connectivity index is 1.30. The molecule has 8 nitrogen and oxygen atoms in total. The maximum Gasteiger partial charge on any atom is 0.288 e. The number of pyridine rings is 2. The van der Waals surface area contributed by atoms with Gasteiger partial charge in [-0.15, -0.1) is 4.73 Å². The van der Waals surface area contributed by atoms with E-state index in [9.17, 15) is 4.79 Å². The van der Waals surface area contributed by atoms with Gasteiger partial charge in [0.2, 0.25) is 0 Å². The first-order valence-corrected chi connectivity index (χ1v) is 13.8.